The zero-order valence-electron chi connectivity index (χ0n) is 10.5. The van der Waals surface area contributed by atoms with Gasteiger partial charge in [0.25, 0.3) is 0 Å². The molecule has 0 aromatic carbocycles. The van der Waals surface area contributed by atoms with Gasteiger partial charge in [-0.3, -0.25) is 0 Å². The molecule has 0 spiro atoms. The van der Waals surface area contributed by atoms with Crippen molar-refractivity contribution in [1.29, 1.82) is 0 Å². The van der Waals surface area contributed by atoms with Crippen molar-refractivity contribution >= 4 is 27.7 Å². The summed E-state index contributed by atoms with van der Waals surface area (Å²) in [5, 5.41) is 3.11. The maximum Gasteiger partial charge on any atom is 0.328 e. The number of pyridine rings is 1. The first-order chi connectivity index (χ1) is 7.97. The van der Waals surface area contributed by atoms with Gasteiger partial charge in [0.05, 0.1) is 11.6 Å². The number of anilines is 1. The van der Waals surface area contributed by atoms with Gasteiger partial charge in [-0.05, 0) is 40.4 Å². The lowest BCUT2D eigenvalue weighted by Crippen LogP contribution is -2.35. The van der Waals surface area contributed by atoms with E-state index >= 15 is 0 Å². The first-order valence-corrected chi connectivity index (χ1v) is 6.22. The highest BCUT2D eigenvalue weighted by Crippen LogP contribution is 2.25. The molecule has 0 saturated heterocycles. The highest BCUT2D eigenvalue weighted by atomic mass is 79.9. The second-order valence-electron chi connectivity index (χ2n) is 4.18. The number of aromatic nitrogens is 1. The van der Waals surface area contributed by atoms with E-state index in [1.54, 1.807) is 6.20 Å². The summed E-state index contributed by atoms with van der Waals surface area (Å²) in [4.78, 5) is 15.8. The van der Waals surface area contributed by atoms with E-state index in [4.69, 9.17) is 4.74 Å². The number of nitrogens with one attached hydrogen (secondary N) is 1. The van der Waals surface area contributed by atoms with Gasteiger partial charge in [-0.25, -0.2) is 9.78 Å². The molecule has 1 rings (SSSR count). The Balaban J connectivity index is 2.94. The topological polar surface area (TPSA) is 51.2 Å². The van der Waals surface area contributed by atoms with Gasteiger partial charge >= 0.3 is 5.97 Å². The average molecular weight is 301 g/mol. The van der Waals surface area contributed by atoms with E-state index in [1.165, 1.54) is 7.11 Å². The Hall–Kier alpha value is -1.10. The number of aryl methyl sites for hydroxylation is 1. The van der Waals surface area contributed by atoms with Crippen molar-refractivity contribution in [3.05, 3.63) is 22.3 Å². The summed E-state index contributed by atoms with van der Waals surface area (Å²) in [5.74, 6) is 0.501. The van der Waals surface area contributed by atoms with E-state index in [-0.39, 0.29) is 11.9 Å². The van der Waals surface area contributed by atoms with Crippen LogP contribution in [0.4, 0.5) is 5.82 Å². The van der Waals surface area contributed by atoms with Gasteiger partial charge < -0.3 is 10.1 Å². The van der Waals surface area contributed by atoms with E-state index in [0.717, 1.165) is 10.0 Å². The van der Waals surface area contributed by atoms with Crippen LogP contribution >= 0.6 is 15.9 Å². The first-order valence-electron chi connectivity index (χ1n) is 5.42. The van der Waals surface area contributed by atoms with Crippen LogP contribution in [-0.2, 0) is 9.53 Å². The van der Waals surface area contributed by atoms with Crippen molar-refractivity contribution in [1.82, 2.24) is 4.98 Å². The van der Waals surface area contributed by atoms with Gasteiger partial charge in [-0.1, -0.05) is 13.8 Å². The van der Waals surface area contributed by atoms with E-state index < -0.39 is 6.04 Å². The summed E-state index contributed by atoms with van der Waals surface area (Å²) >= 11 is 3.45. The molecule has 17 heavy (non-hydrogen) atoms. The molecule has 4 nitrogen and oxygen atoms in total. The fourth-order valence-corrected chi connectivity index (χ4v) is 1.76. The van der Waals surface area contributed by atoms with Crippen LogP contribution in [0.5, 0.6) is 0 Å². The predicted octanol–water partition coefficient (Wildman–Crippen LogP) is 2.76. The lowest BCUT2D eigenvalue weighted by molar-refractivity contribution is -0.142. The molecule has 0 aliphatic rings. The molecule has 0 aliphatic heterocycles. The molecule has 0 amide bonds. The Labute approximate surface area is 110 Å². The van der Waals surface area contributed by atoms with Gasteiger partial charge in [0.2, 0.25) is 0 Å². The predicted molar refractivity (Wildman–Crippen MR) is 70.9 cm³/mol. The summed E-state index contributed by atoms with van der Waals surface area (Å²) in [6, 6.07) is 1.50. The van der Waals surface area contributed by atoms with Gasteiger partial charge in [0, 0.05) is 6.20 Å². The molecule has 94 valence electrons. The SMILES string of the molecule is COC(=O)C(Nc1nccc(C)c1Br)C(C)C. The molecule has 1 aromatic rings. The minimum atomic E-state index is -0.398. The molecule has 0 aliphatic carbocycles. The van der Waals surface area contributed by atoms with Gasteiger partial charge in [-0.15, -0.1) is 0 Å². The number of carbonyl (C=O) groups excluding carboxylic acids is 1. The van der Waals surface area contributed by atoms with Gasteiger partial charge in [-0.2, -0.15) is 0 Å². The smallest absolute Gasteiger partial charge is 0.328 e. The molecule has 0 fully saturated rings. The van der Waals surface area contributed by atoms with Crippen LogP contribution < -0.4 is 5.32 Å². The van der Waals surface area contributed by atoms with E-state index in [2.05, 4.69) is 26.2 Å². The average Bonchev–Trinajstić information content (AvgIpc) is 2.29. The number of carbonyl (C=O) groups is 1. The van der Waals surface area contributed by atoms with Gasteiger partial charge in [0.1, 0.15) is 11.9 Å². The molecule has 1 N–H and O–H groups in total. The summed E-state index contributed by atoms with van der Waals surface area (Å²) in [6.07, 6.45) is 1.71. The zero-order chi connectivity index (χ0) is 13.0. The Bertz CT molecular complexity index is 407. The normalized spacial score (nSPS) is 12.4. The quantitative estimate of drug-likeness (QED) is 0.869. The molecular weight excluding hydrogens is 284 g/mol. The van der Waals surface area contributed by atoms with Crippen LogP contribution in [0, 0.1) is 12.8 Å². The fraction of sp³-hybridized carbons (Fsp3) is 0.500. The number of ether oxygens (including phenoxy) is 1. The molecule has 5 heteroatoms. The standard InChI is InChI=1S/C12H17BrN2O2/c1-7(2)10(12(16)17-4)15-11-9(13)8(3)5-6-14-11/h5-7,10H,1-4H3,(H,14,15). The summed E-state index contributed by atoms with van der Waals surface area (Å²) in [5.41, 5.74) is 1.06. The summed E-state index contributed by atoms with van der Waals surface area (Å²) in [6.45, 7) is 5.88. The first kappa shape index (κ1) is 14.0. The van der Waals surface area contributed by atoms with Crippen LogP contribution in [0.2, 0.25) is 0 Å². The third-order valence-corrected chi connectivity index (χ3v) is 3.50. The third-order valence-electron chi connectivity index (χ3n) is 2.50. The summed E-state index contributed by atoms with van der Waals surface area (Å²) in [7, 11) is 1.39. The zero-order valence-corrected chi connectivity index (χ0v) is 12.0. The van der Waals surface area contributed by atoms with Crippen molar-refractivity contribution in [2.75, 3.05) is 12.4 Å². The maximum atomic E-state index is 11.6. The Morgan fingerprint density at radius 2 is 2.18 bits per heavy atom. The summed E-state index contributed by atoms with van der Waals surface area (Å²) < 4.78 is 5.64. The van der Waals surface area contributed by atoms with Crippen LogP contribution in [0.25, 0.3) is 0 Å². The van der Waals surface area contributed by atoms with Crippen LogP contribution in [0.15, 0.2) is 16.7 Å². The minimum Gasteiger partial charge on any atom is -0.467 e. The largest absolute Gasteiger partial charge is 0.467 e. The maximum absolute atomic E-state index is 11.6. The highest BCUT2D eigenvalue weighted by molar-refractivity contribution is 9.10. The number of hydrogen-bond acceptors (Lipinski definition) is 4. The highest BCUT2D eigenvalue weighted by Gasteiger charge is 2.24. The Kier molecular flexibility index (Phi) is 4.93. The van der Waals surface area contributed by atoms with Crippen LogP contribution in [0.1, 0.15) is 19.4 Å². The second-order valence-corrected chi connectivity index (χ2v) is 4.97. The van der Waals surface area contributed by atoms with Crippen molar-refractivity contribution in [2.45, 2.75) is 26.8 Å². The molecule has 1 aromatic heterocycles. The van der Waals surface area contributed by atoms with E-state index in [1.807, 2.05) is 26.8 Å². The number of rotatable bonds is 4. The van der Waals surface area contributed by atoms with Crippen LogP contribution in [0.3, 0.4) is 0 Å². The molecule has 1 unspecified atom stereocenters. The Morgan fingerprint density at radius 1 is 1.53 bits per heavy atom. The van der Waals surface area contributed by atoms with Crippen molar-refractivity contribution < 1.29 is 9.53 Å². The molecule has 0 bridgehead atoms. The van der Waals surface area contributed by atoms with Gasteiger partial charge in [0.15, 0.2) is 0 Å². The number of hydrogen-bond donors (Lipinski definition) is 1. The number of halogens is 1. The van der Waals surface area contributed by atoms with E-state index in [0.29, 0.717) is 5.82 Å². The fourth-order valence-electron chi connectivity index (χ4n) is 1.41. The molecule has 0 saturated carbocycles. The number of esters is 1. The number of nitrogens with zero attached hydrogens (tertiary/aromatic N) is 1. The molecular formula is C12H17BrN2O2. The lowest BCUT2D eigenvalue weighted by atomic mass is 10.0. The van der Waals surface area contributed by atoms with Crippen molar-refractivity contribution in [3.8, 4) is 0 Å². The molecule has 0 radical (unpaired) electrons. The number of methoxy groups -OCH3 is 1. The Morgan fingerprint density at radius 3 is 2.71 bits per heavy atom. The molecule has 1 atom stereocenters. The lowest BCUT2D eigenvalue weighted by Gasteiger charge is -2.21. The van der Waals surface area contributed by atoms with Crippen molar-refractivity contribution in [2.24, 2.45) is 5.92 Å². The second kappa shape index (κ2) is 6.00. The minimum absolute atomic E-state index is 0.122. The molecule has 1 heterocycles. The monoisotopic (exact) mass is 300 g/mol. The van der Waals surface area contributed by atoms with Crippen LogP contribution in [-0.4, -0.2) is 24.1 Å². The van der Waals surface area contributed by atoms with E-state index in [9.17, 15) is 4.79 Å². The third kappa shape index (κ3) is 3.43. The van der Waals surface area contributed by atoms with Crippen molar-refractivity contribution in [3.63, 3.8) is 0 Å².